The number of carbonyl (C=O) groups excluding carboxylic acids is 1. The third-order valence-electron chi connectivity index (χ3n) is 4.98. The van der Waals surface area contributed by atoms with Crippen LogP contribution in [0.15, 0.2) is 22.6 Å². The Kier molecular flexibility index (Phi) is 7.33. The van der Waals surface area contributed by atoms with Crippen molar-refractivity contribution in [3.8, 4) is 0 Å². The number of halogens is 2. The van der Waals surface area contributed by atoms with Crippen molar-refractivity contribution in [2.24, 2.45) is 0 Å². The summed E-state index contributed by atoms with van der Waals surface area (Å²) < 4.78 is 11.5. The van der Waals surface area contributed by atoms with Gasteiger partial charge in [-0.2, -0.15) is 4.98 Å². The fourth-order valence-electron chi connectivity index (χ4n) is 3.48. The molecule has 0 saturated carbocycles. The minimum absolute atomic E-state index is 0. The van der Waals surface area contributed by atoms with Crippen molar-refractivity contribution in [2.45, 2.75) is 26.0 Å². The first-order valence-corrected chi connectivity index (χ1v) is 8.88. The van der Waals surface area contributed by atoms with E-state index in [1.165, 1.54) is 5.56 Å². The number of rotatable bonds is 2. The number of hydrogen-bond donors (Lipinski definition) is 1. The molecule has 0 radical (unpaired) electrons. The molecule has 0 spiro atoms. The molecule has 2 aliphatic rings. The van der Waals surface area contributed by atoms with Gasteiger partial charge in [0.1, 0.15) is 11.6 Å². The highest BCUT2D eigenvalue weighted by Crippen LogP contribution is 2.24. The van der Waals surface area contributed by atoms with Crippen molar-refractivity contribution in [3.63, 3.8) is 0 Å². The Balaban J connectivity index is 0.00000131. The van der Waals surface area contributed by atoms with E-state index in [2.05, 4.69) is 15.2 Å². The summed E-state index contributed by atoms with van der Waals surface area (Å²) in [5.41, 5.74) is 2.85. The number of oxazole rings is 1. The fraction of sp³-hybridized carbons (Fsp3) is 0.556. The van der Waals surface area contributed by atoms with Gasteiger partial charge in [0.2, 0.25) is 5.91 Å². The Morgan fingerprint density at radius 2 is 1.96 bits per heavy atom. The fourth-order valence-corrected chi connectivity index (χ4v) is 3.48. The lowest BCUT2D eigenvalue weighted by Crippen LogP contribution is -2.59. The van der Waals surface area contributed by atoms with Gasteiger partial charge in [-0.3, -0.25) is 4.79 Å². The van der Waals surface area contributed by atoms with Crippen LogP contribution >= 0.6 is 24.8 Å². The maximum absolute atomic E-state index is 12.7. The van der Waals surface area contributed by atoms with Crippen LogP contribution in [-0.2, 0) is 9.53 Å². The molecule has 27 heavy (non-hydrogen) atoms. The van der Waals surface area contributed by atoms with Gasteiger partial charge >= 0.3 is 0 Å². The van der Waals surface area contributed by atoms with Crippen molar-refractivity contribution in [1.29, 1.82) is 0 Å². The molecule has 2 fully saturated rings. The zero-order chi connectivity index (χ0) is 17.4. The zero-order valence-corrected chi connectivity index (χ0v) is 17.1. The number of benzene rings is 1. The van der Waals surface area contributed by atoms with Gasteiger partial charge in [0.05, 0.1) is 12.7 Å². The van der Waals surface area contributed by atoms with Gasteiger partial charge in [-0.25, -0.2) is 0 Å². The average Bonchev–Trinajstić information content (AvgIpc) is 3.05. The monoisotopic (exact) mass is 416 g/mol. The minimum Gasteiger partial charge on any atom is -0.423 e. The van der Waals surface area contributed by atoms with Crippen molar-refractivity contribution >= 4 is 47.8 Å². The summed E-state index contributed by atoms with van der Waals surface area (Å²) in [6.07, 6.45) is -0.0837. The lowest BCUT2D eigenvalue weighted by molar-refractivity contribution is -0.139. The number of amides is 1. The van der Waals surface area contributed by atoms with Gasteiger partial charge < -0.3 is 24.3 Å². The highest BCUT2D eigenvalue weighted by atomic mass is 35.5. The summed E-state index contributed by atoms with van der Waals surface area (Å²) in [6, 6.07) is 6.40. The largest absolute Gasteiger partial charge is 0.423 e. The van der Waals surface area contributed by atoms with Crippen LogP contribution in [0.2, 0.25) is 0 Å². The van der Waals surface area contributed by atoms with E-state index in [0.717, 1.165) is 30.7 Å². The number of fused-ring (bicyclic) bond motifs is 1. The van der Waals surface area contributed by atoms with E-state index in [-0.39, 0.29) is 42.9 Å². The Labute approximate surface area is 171 Å². The van der Waals surface area contributed by atoms with Crippen LogP contribution in [0.3, 0.4) is 0 Å². The highest BCUT2D eigenvalue weighted by Gasteiger charge is 2.33. The topological polar surface area (TPSA) is 70.8 Å². The molecular formula is C18H26Cl2N4O3. The van der Waals surface area contributed by atoms with Crippen molar-refractivity contribution in [1.82, 2.24) is 15.2 Å². The van der Waals surface area contributed by atoms with Gasteiger partial charge in [0.15, 0.2) is 5.58 Å². The van der Waals surface area contributed by atoms with Crippen LogP contribution in [0.5, 0.6) is 0 Å². The maximum Gasteiger partial charge on any atom is 0.298 e. The molecule has 7 nitrogen and oxygen atoms in total. The molecule has 4 rings (SSSR count). The summed E-state index contributed by atoms with van der Waals surface area (Å²) in [5.74, 6) is 0.125. The second-order valence-corrected chi connectivity index (χ2v) is 6.79. The van der Waals surface area contributed by atoms with Crippen LogP contribution < -0.4 is 10.2 Å². The SMILES string of the molecule is Cc1ccc2oc(N3CCN(C(=O)[C@H]4NCCO[C@@H]4C)CC3)nc2c1.Cl.Cl. The normalized spacial score (nSPS) is 22.9. The molecule has 150 valence electrons. The molecular weight excluding hydrogens is 391 g/mol. The molecule has 2 aromatic rings. The number of nitrogens with one attached hydrogen (secondary N) is 1. The first kappa shape index (κ1) is 21.8. The molecule has 0 bridgehead atoms. The molecule has 2 saturated heterocycles. The van der Waals surface area contributed by atoms with Crippen molar-refractivity contribution in [3.05, 3.63) is 23.8 Å². The Bertz CT molecular complexity index is 777. The smallest absolute Gasteiger partial charge is 0.298 e. The third kappa shape index (κ3) is 4.48. The van der Waals surface area contributed by atoms with Crippen molar-refractivity contribution in [2.75, 3.05) is 44.2 Å². The minimum atomic E-state index is -0.243. The number of hydrogen-bond acceptors (Lipinski definition) is 6. The van der Waals surface area contributed by atoms with Gasteiger partial charge in [-0.05, 0) is 31.5 Å². The Morgan fingerprint density at radius 1 is 1.22 bits per heavy atom. The average molecular weight is 417 g/mol. The van der Waals surface area contributed by atoms with Gasteiger partial charge in [-0.1, -0.05) is 6.07 Å². The molecule has 3 heterocycles. The van der Waals surface area contributed by atoms with E-state index < -0.39 is 0 Å². The number of aryl methyl sites for hydroxylation is 1. The molecule has 1 aromatic carbocycles. The molecule has 0 unspecified atom stereocenters. The van der Waals surface area contributed by atoms with Gasteiger partial charge in [0.25, 0.3) is 6.01 Å². The zero-order valence-electron chi connectivity index (χ0n) is 15.5. The molecule has 1 amide bonds. The van der Waals surface area contributed by atoms with Gasteiger partial charge in [0, 0.05) is 32.7 Å². The van der Waals surface area contributed by atoms with E-state index in [9.17, 15) is 4.79 Å². The standard InChI is InChI=1S/C18H24N4O3.2ClH/c1-12-3-4-15-14(11-12)20-18(25-15)22-8-6-21(7-9-22)17(23)16-13(2)24-10-5-19-16;;/h3-4,11,13,16,19H,5-10H2,1-2H3;2*1H/t13-,16+;;/m1../s1. The first-order valence-electron chi connectivity index (χ1n) is 8.88. The van der Waals surface area contributed by atoms with E-state index in [4.69, 9.17) is 9.15 Å². The number of anilines is 1. The number of morpholine rings is 1. The van der Waals surface area contributed by atoms with Crippen LogP contribution in [0.4, 0.5) is 6.01 Å². The van der Waals surface area contributed by atoms with Crippen LogP contribution in [0.1, 0.15) is 12.5 Å². The summed E-state index contributed by atoms with van der Waals surface area (Å²) in [5, 5.41) is 3.27. The first-order chi connectivity index (χ1) is 12.1. The van der Waals surface area contributed by atoms with Crippen LogP contribution in [-0.4, -0.2) is 67.3 Å². The predicted molar refractivity (Wildman–Crippen MR) is 109 cm³/mol. The lowest BCUT2D eigenvalue weighted by atomic mass is 10.1. The Hall–Kier alpha value is -1.54. The molecule has 1 N–H and O–H groups in total. The molecule has 2 aliphatic heterocycles. The summed E-state index contributed by atoms with van der Waals surface area (Å²) in [7, 11) is 0. The number of piperazine rings is 1. The second kappa shape index (κ2) is 9.10. The van der Waals surface area contributed by atoms with Crippen molar-refractivity contribution < 1.29 is 13.9 Å². The second-order valence-electron chi connectivity index (χ2n) is 6.79. The summed E-state index contributed by atoms with van der Waals surface area (Å²) in [6.45, 7) is 8.16. The van der Waals surface area contributed by atoms with E-state index >= 15 is 0 Å². The maximum atomic E-state index is 12.7. The van der Waals surface area contributed by atoms with E-state index in [0.29, 0.717) is 25.7 Å². The van der Waals surface area contributed by atoms with Crippen LogP contribution in [0, 0.1) is 6.92 Å². The predicted octanol–water partition coefficient (Wildman–Crippen LogP) is 2.01. The summed E-state index contributed by atoms with van der Waals surface area (Å²) >= 11 is 0. The molecule has 9 heteroatoms. The number of aromatic nitrogens is 1. The quantitative estimate of drug-likeness (QED) is 0.806. The number of ether oxygens (including phenoxy) is 1. The highest BCUT2D eigenvalue weighted by molar-refractivity contribution is 5.85. The molecule has 2 atom stereocenters. The lowest BCUT2D eigenvalue weighted by Gasteiger charge is -2.38. The van der Waals surface area contributed by atoms with Crippen LogP contribution in [0.25, 0.3) is 11.1 Å². The summed E-state index contributed by atoms with van der Waals surface area (Å²) in [4.78, 5) is 21.3. The number of carbonyl (C=O) groups is 1. The van der Waals surface area contributed by atoms with E-state index in [1.54, 1.807) is 0 Å². The molecule has 0 aliphatic carbocycles. The van der Waals surface area contributed by atoms with Gasteiger partial charge in [-0.15, -0.1) is 24.8 Å². The number of nitrogens with zero attached hydrogens (tertiary/aromatic N) is 3. The molecule has 1 aromatic heterocycles. The Morgan fingerprint density at radius 3 is 2.67 bits per heavy atom. The van der Waals surface area contributed by atoms with E-state index in [1.807, 2.05) is 36.9 Å². The third-order valence-corrected chi connectivity index (χ3v) is 4.98.